The molecule has 1 unspecified atom stereocenters. The lowest BCUT2D eigenvalue weighted by Crippen LogP contribution is -2.27. The summed E-state index contributed by atoms with van der Waals surface area (Å²) in [5.41, 5.74) is 0.743. The van der Waals surface area contributed by atoms with Crippen LogP contribution >= 0.6 is 11.6 Å². The van der Waals surface area contributed by atoms with Crippen LogP contribution in [0, 0.1) is 0 Å². The number of nitrogens with zero attached hydrogens (tertiary/aromatic N) is 2. The van der Waals surface area contributed by atoms with E-state index in [1.807, 2.05) is 4.68 Å². The van der Waals surface area contributed by atoms with Gasteiger partial charge in [0.15, 0.2) is 0 Å². The number of ether oxygens (including phenoxy) is 1. The van der Waals surface area contributed by atoms with Crippen LogP contribution in [0.4, 0.5) is 0 Å². The lowest BCUT2D eigenvalue weighted by atomic mass is 9.83. The number of aliphatic hydroxyl groups excluding tert-OH is 1. The Hall–Kier alpha value is -0.580. The Morgan fingerprint density at radius 3 is 2.76 bits per heavy atom. The molecule has 0 aliphatic rings. The summed E-state index contributed by atoms with van der Waals surface area (Å²) in [5.74, 6) is 0. The van der Waals surface area contributed by atoms with Gasteiger partial charge in [-0.3, -0.25) is 4.68 Å². The number of halogens is 1. The molecule has 0 aliphatic carbocycles. The van der Waals surface area contributed by atoms with Crippen LogP contribution < -0.4 is 0 Å². The molecule has 0 bridgehead atoms. The van der Waals surface area contributed by atoms with Gasteiger partial charge in [-0.25, -0.2) is 0 Å². The van der Waals surface area contributed by atoms with Crippen molar-refractivity contribution in [2.75, 3.05) is 13.7 Å². The number of hydrogen-bond donors (Lipinski definition) is 1. The number of hydrogen-bond acceptors (Lipinski definition) is 3. The summed E-state index contributed by atoms with van der Waals surface area (Å²) in [6.45, 7) is 7.17. The van der Waals surface area contributed by atoms with Crippen molar-refractivity contribution in [1.82, 2.24) is 9.78 Å². The summed E-state index contributed by atoms with van der Waals surface area (Å²) in [4.78, 5) is 0. The maximum absolute atomic E-state index is 9.55. The van der Waals surface area contributed by atoms with Gasteiger partial charge in [0.05, 0.1) is 36.2 Å². The molecule has 98 valence electrons. The number of methoxy groups -OCH3 is 1. The minimum atomic E-state index is -0.369. The van der Waals surface area contributed by atoms with Gasteiger partial charge in [0.2, 0.25) is 0 Å². The smallest absolute Gasteiger partial charge is 0.0823 e. The van der Waals surface area contributed by atoms with E-state index in [0.717, 1.165) is 5.69 Å². The van der Waals surface area contributed by atoms with E-state index in [-0.39, 0.29) is 11.5 Å². The fraction of sp³-hybridized carbons (Fsp3) is 0.750. The van der Waals surface area contributed by atoms with Crippen molar-refractivity contribution >= 4 is 11.6 Å². The van der Waals surface area contributed by atoms with Gasteiger partial charge in [-0.05, 0) is 13.3 Å². The summed E-state index contributed by atoms with van der Waals surface area (Å²) in [7, 11) is 1.66. The zero-order valence-electron chi connectivity index (χ0n) is 10.9. The van der Waals surface area contributed by atoms with E-state index >= 15 is 0 Å². The molecule has 0 saturated heterocycles. The number of rotatable bonds is 6. The molecule has 1 aromatic heterocycles. The lowest BCUT2D eigenvalue weighted by Gasteiger charge is -2.27. The molecule has 0 amide bonds. The Morgan fingerprint density at radius 1 is 1.59 bits per heavy atom. The second-order valence-corrected chi connectivity index (χ2v) is 5.40. The summed E-state index contributed by atoms with van der Waals surface area (Å²) in [6.07, 6.45) is 1.92. The van der Waals surface area contributed by atoms with E-state index in [2.05, 4.69) is 18.9 Å². The third kappa shape index (κ3) is 3.69. The first kappa shape index (κ1) is 14.5. The summed E-state index contributed by atoms with van der Waals surface area (Å²) in [5, 5.41) is 14.4. The molecule has 0 aliphatic heterocycles. The van der Waals surface area contributed by atoms with E-state index in [1.54, 1.807) is 20.2 Å². The summed E-state index contributed by atoms with van der Waals surface area (Å²) >= 11 is 6.19. The molecule has 1 N–H and O–H groups in total. The molecule has 0 aromatic carbocycles. The first-order valence-electron chi connectivity index (χ1n) is 5.77. The van der Waals surface area contributed by atoms with Gasteiger partial charge in [-0.15, -0.1) is 0 Å². The normalized spacial score (nSPS) is 14.0. The van der Waals surface area contributed by atoms with E-state index in [1.165, 1.54) is 0 Å². The van der Waals surface area contributed by atoms with Gasteiger partial charge in [0, 0.05) is 12.5 Å². The van der Waals surface area contributed by atoms with Crippen molar-refractivity contribution in [3.05, 3.63) is 16.9 Å². The predicted octanol–water partition coefficient (Wildman–Crippen LogP) is 2.23. The average molecular weight is 261 g/mol. The first-order valence-corrected chi connectivity index (χ1v) is 6.15. The molecule has 0 spiro atoms. The van der Waals surface area contributed by atoms with Crippen LogP contribution in [0.5, 0.6) is 0 Å². The highest BCUT2D eigenvalue weighted by Crippen LogP contribution is 2.33. The van der Waals surface area contributed by atoms with Gasteiger partial charge >= 0.3 is 0 Å². The van der Waals surface area contributed by atoms with Crippen LogP contribution in [0.3, 0.4) is 0 Å². The van der Waals surface area contributed by atoms with Crippen LogP contribution in [0.25, 0.3) is 0 Å². The maximum Gasteiger partial charge on any atom is 0.0823 e. The molecule has 1 atom stereocenters. The maximum atomic E-state index is 9.55. The van der Waals surface area contributed by atoms with Crippen LogP contribution in [0.2, 0.25) is 5.02 Å². The predicted molar refractivity (Wildman–Crippen MR) is 68.4 cm³/mol. The fourth-order valence-corrected chi connectivity index (χ4v) is 2.61. The van der Waals surface area contributed by atoms with Gasteiger partial charge in [-0.2, -0.15) is 5.10 Å². The Kier molecular flexibility index (Phi) is 4.98. The van der Waals surface area contributed by atoms with E-state index in [4.69, 9.17) is 16.3 Å². The van der Waals surface area contributed by atoms with Crippen molar-refractivity contribution in [3.63, 3.8) is 0 Å². The third-order valence-corrected chi connectivity index (χ3v) is 3.03. The Morgan fingerprint density at radius 2 is 2.24 bits per heavy atom. The standard InChI is InChI=1S/C12H21ClN2O2/c1-9(16)7-12(2,3)11-10(13)8-14-15(11)5-6-17-4/h8-9,16H,5-7H2,1-4H3. The Balaban J connectivity index is 2.97. The molecule has 1 heterocycles. The van der Waals surface area contributed by atoms with Gasteiger partial charge in [-0.1, -0.05) is 25.4 Å². The van der Waals surface area contributed by atoms with Crippen molar-refractivity contribution in [1.29, 1.82) is 0 Å². The molecule has 0 fully saturated rings. The Bertz CT molecular complexity index is 361. The minimum absolute atomic E-state index is 0.213. The molecule has 0 radical (unpaired) electrons. The summed E-state index contributed by atoms with van der Waals surface area (Å²) < 4.78 is 6.91. The van der Waals surface area contributed by atoms with E-state index in [0.29, 0.717) is 24.6 Å². The van der Waals surface area contributed by atoms with Crippen molar-refractivity contribution in [3.8, 4) is 0 Å². The highest BCUT2D eigenvalue weighted by molar-refractivity contribution is 6.31. The van der Waals surface area contributed by atoms with Crippen molar-refractivity contribution in [2.24, 2.45) is 0 Å². The quantitative estimate of drug-likeness (QED) is 0.853. The lowest BCUT2D eigenvalue weighted by molar-refractivity contribution is 0.150. The zero-order chi connectivity index (χ0) is 13.1. The SMILES string of the molecule is COCCn1ncc(Cl)c1C(C)(C)CC(C)O. The van der Waals surface area contributed by atoms with Crippen molar-refractivity contribution in [2.45, 2.75) is 45.3 Å². The highest BCUT2D eigenvalue weighted by Gasteiger charge is 2.29. The van der Waals surface area contributed by atoms with Crippen LogP contribution in [-0.2, 0) is 16.7 Å². The molecule has 1 aromatic rings. The molecule has 4 nitrogen and oxygen atoms in total. The van der Waals surface area contributed by atoms with Gasteiger partial charge in [0.1, 0.15) is 0 Å². The molecular formula is C12H21ClN2O2. The van der Waals surface area contributed by atoms with Crippen LogP contribution in [0.15, 0.2) is 6.20 Å². The molecule has 0 saturated carbocycles. The topological polar surface area (TPSA) is 47.3 Å². The molecular weight excluding hydrogens is 240 g/mol. The van der Waals surface area contributed by atoms with Gasteiger partial charge < -0.3 is 9.84 Å². The van der Waals surface area contributed by atoms with E-state index in [9.17, 15) is 5.11 Å². The highest BCUT2D eigenvalue weighted by atomic mass is 35.5. The van der Waals surface area contributed by atoms with Crippen LogP contribution in [-0.4, -0.2) is 34.7 Å². The second-order valence-electron chi connectivity index (χ2n) is 4.99. The number of aromatic nitrogens is 2. The first-order chi connectivity index (χ1) is 7.88. The summed E-state index contributed by atoms with van der Waals surface area (Å²) in [6, 6.07) is 0. The second kappa shape index (κ2) is 5.85. The molecule has 17 heavy (non-hydrogen) atoms. The third-order valence-electron chi connectivity index (χ3n) is 2.75. The largest absolute Gasteiger partial charge is 0.393 e. The average Bonchev–Trinajstić information content (AvgIpc) is 2.55. The van der Waals surface area contributed by atoms with Crippen molar-refractivity contribution < 1.29 is 9.84 Å². The minimum Gasteiger partial charge on any atom is -0.393 e. The van der Waals surface area contributed by atoms with E-state index < -0.39 is 0 Å². The monoisotopic (exact) mass is 260 g/mol. The van der Waals surface area contributed by atoms with Crippen LogP contribution in [0.1, 0.15) is 32.9 Å². The molecule has 5 heteroatoms. The van der Waals surface area contributed by atoms with Gasteiger partial charge in [0.25, 0.3) is 0 Å². The zero-order valence-corrected chi connectivity index (χ0v) is 11.7. The molecule has 1 rings (SSSR count). The Labute approximate surface area is 108 Å². The fourth-order valence-electron chi connectivity index (χ4n) is 2.22. The number of aliphatic hydroxyl groups is 1.